The Labute approximate surface area is 164 Å². The Morgan fingerprint density at radius 1 is 1.37 bits per heavy atom. The minimum absolute atomic E-state index is 0.00125. The number of oxazole rings is 1. The van der Waals surface area contributed by atoms with Gasteiger partial charge in [0.25, 0.3) is 0 Å². The molecule has 0 saturated carbocycles. The summed E-state index contributed by atoms with van der Waals surface area (Å²) in [6.07, 6.45) is 4.25. The second kappa shape index (κ2) is 9.88. The first-order valence-corrected chi connectivity index (χ1v) is 9.57. The van der Waals surface area contributed by atoms with Crippen LogP contribution >= 0.6 is 11.6 Å². The van der Waals surface area contributed by atoms with E-state index in [2.05, 4.69) is 4.98 Å². The lowest BCUT2D eigenvalue weighted by Crippen LogP contribution is -2.41. The van der Waals surface area contributed by atoms with Gasteiger partial charge in [-0.2, -0.15) is 0 Å². The van der Waals surface area contributed by atoms with E-state index >= 15 is 0 Å². The van der Waals surface area contributed by atoms with Gasteiger partial charge in [-0.15, -0.1) is 0 Å². The van der Waals surface area contributed by atoms with Crippen LogP contribution in [-0.4, -0.2) is 55.8 Å². The Kier molecular flexibility index (Phi) is 7.26. The molecule has 0 spiro atoms. The van der Waals surface area contributed by atoms with Gasteiger partial charge in [-0.25, -0.2) is 4.98 Å². The molecule has 0 unspecified atom stereocenters. The van der Waals surface area contributed by atoms with Gasteiger partial charge >= 0.3 is 0 Å². The Hall–Kier alpha value is -1.89. The van der Waals surface area contributed by atoms with Crippen LogP contribution in [0.25, 0.3) is 0 Å². The maximum Gasteiger partial charge on any atom is 0.248 e. The van der Waals surface area contributed by atoms with Crippen LogP contribution in [0.2, 0.25) is 5.02 Å². The fraction of sp³-hybridized carbons (Fsp3) is 0.500. The third kappa shape index (κ3) is 5.54. The number of piperidine rings is 1. The Bertz CT molecular complexity index is 749. The predicted molar refractivity (Wildman–Crippen MR) is 102 cm³/mol. The largest absolute Gasteiger partial charge is 0.445 e. The molecule has 1 atom stereocenters. The van der Waals surface area contributed by atoms with Crippen LogP contribution in [0.3, 0.4) is 0 Å². The highest BCUT2D eigenvalue weighted by Gasteiger charge is 2.27. The van der Waals surface area contributed by atoms with Crippen molar-refractivity contribution in [2.75, 3.05) is 40.0 Å². The zero-order valence-corrected chi connectivity index (χ0v) is 16.3. The van der Waals surface area contributed by atoms with Gasteiger partial charge in [0, 0.05) is 31.6 Å². The number of hydrogen-bond donors (Lipinski definition) is 0. The van der Waals surface area contributed by atoms with Crippen molar-refractivity contribution in [1.29, 1.82) is 0 Å². The Morgan fingerprint density at radius 3 is 3.04 bits per heavy atom. The molecule has 1 aromatic carbocycles. The smallest absolute Gasteiger partial charge is 0.248 e. The summed E-state index contributed by atoms with van der Waals surface area (Å²) >= 11 is 6.22. The second-order valence-electron chi connectivity index (χ2n) is 6.66. The van der Waals surface area contributed by atoms with E-state index in [1.165, 1.54) is 0 Å². The molecular weight excluding hydrogens is 368 g/mol. The molecule has 0 N–H and O–H groups in total. The summed E-state index contributed by atoms with van der Waals surface area (Å²) in [6.45, 7) is 2.35. The van der Waals surface area contributed by atoms with Gasteiger partial charge in [0.05, 0.1) is 25.3 Å². The molecule has 0 bridgehead atoms. The van der Waals surface area contributed by atoms with Crippen LogP contribution in [-0.2, 0) is 20.7 Å². The number of carbonyl (C=O) groups is 1. The van der Waals surface area contributed by atoms with Crippen LogP contribution in [0.15, 0.2) is 34.9 Å². The number of amides is 1. The van der Waals surface area contributed by atoms with Crippen molar-refractivity contribution < 1.29 is 18.7 Å². The number of benzene rings is 1. The number of methoxy groups -OCH3 is 1. The van der Waals surface area contributed by atoms with Gasteiger partial charge in [-0.3, -0.25) is 4.79 Å². The van der Waals surface area contributed by atoms with E-state index in [1.54, 1.807) is 13.3 Å². The highest BCUT2D eigenvalue weighted by atomic mass is 35.5. The first kappa shape index (κ1) is 19.9. The van der Waals surface area contributed by atoms with Crippen LogP contribution in [0.1, 0.15) is 36.0 Å². The molecular formula is C20H25ClN2O4. The number of aromatic nitrogens is 1. The van der Waals surface area contributed by atoms with E-state index in [9.17, 15) is 4.79 Å². The molecule has 1 aromatic heterocycles. The summed E-state index contributed by atoms with van der Waals surface area (Å²) in [6, 6.07) is 7.71. The normalized spacial score (nSPS) is 17.3. The van der Waals surface area contributed by atoms with Crippen molar-refractivity contribution in [1.82, 2.24) is 9.88 Å². The first-order chi connectivity index (χ1) is 13.2. The Balaban J connectivity index is 1.56. The molecule has 146 valence electrons. The third-order valence-electron chi connectivity index (χ3n) is 4.67. The molecule has 1 aliphatic rings. The van der Waals surface area contributed by atoms with Crippen molar-refractivity contribution in [2.45, 2.75) is 25.2 Å². The van der Waals surface area contributed by atoms with E-state index in [0.29, 0.717) is 32.1 Å². The van der Waals surface area contributed by atoms with Crippen molar-refractivity contribution in [3.05, 3.63) is 52.7 Å². The molecule has 0 radical (unpaired) electrons. The monoisotopic (exact) mass is 392 g/mol. The highest BCUT2D eigenvalue weighted by molar-refractivity contribution is 6.31. The van der Waals surface area contributed by atoms with Gasteiger partial charge < -0.3 is 18.8 Å². The minimum atomic E-state index is -0.00125. The van der Waals surface area contributed by atoms with Gasteiger partial charge in [-0.1, -0.05) is 29.8 Å². The van der Waals surface area contributed by atoms with Crippen LogP contribution in [0, 0.1) is 0 Å². The summed E-state index contributed by atoms with van der Waals surface area (Å²) in [7, 11) is 1.61. The summed E-state index contributed by atoms with van der Waals surface area (Å²) in [4.78, 5) is 18.6. The molecule has 27 heavy (non-hydrogen) atoms. The number of likely N-dealkylation sites (tertiary alicyclic amines) is 1. The lowest BCUT2D eigenvalue weighted by molar-refractivity contribution is -0.137. The summed E-state index contributed by atoms with van der Waals surface area (Å²) in [5.74, 6) is 1.58. The number of halogens is 1. The molecule has 1 aliphatic heterocycles. The third-order valence-corrected chi connectivity index (χ3v) is 5.04. The van der Waals surface area contributed by atoms with Gasteiger partial charge in [0.1, 0.15) is 12.4 Å². The number of rotatable bonds is 8. The molecule has 6 nitrogen and oxygen atoms in total. The van der Waals surface area contributed by atoms with Crippen molar-refractivity contribution >= 4 is 17.5 Å². The standard InChI is InChI=1S/C20H25ClN2O4/c1-25-9-10-26-14-19(24)23-8-4-6-16(13-23)20-22-12-17(27-20)11-15-5-2-3-7-18(15)21/h2-3,5,7,12,16H,4,6,8-11,13-14H2,1H3/t16-/m0/s1. The van der Waals surface area contributed by atoms with Crippen molar-refractivity contribution in [3.63, 3.8) is 0 Å². The average molecular weight is 393 g/mol. The fourth-order valence-electron chi connectivity index (χ4n) is 3.22. The Morgan fingerprint density at radius 2 is 2.22 bits per heavy atom. The number of ether oxygens (including phenoxy) is 2. The highest BCUT2D eigenvalue weighted by Crippen LogP contribution is 2.28. The molecule has 2 aromatic rings. The zero-order chi connectivity index (χ0) is 19.1. The summed E-state index contributed by atoms with van der Waals surface area (Å²) in [5.41, 5.74) is 1.01. The van der Waals surface area contributed by atoms with E-state index in [1.807, 2.05) is 29.2 Å². The molecule has 1 amide bonds. The van der Waals surface area contributed by atoms with Crippen LogP contribution < -0.4 is 0 Å². The van der Waals surface area contributed by atoms with Crippen molar-refractivity contribution in [3.8, 4) is 0 Å². The summed E-state index contributed by atoms with van der Waals surface area (Å²) in [5, 5.41) is 0.721. The molecule has 2 heterocycles. The van der Waals surface area contributed by atoms with Gasteiger partial charge in [0.2, 0.25) is 5.91 Å². The van der Waals surface area contributed by atoms with Crippen LogP contribution in [0.5, 0.6) is 0 Å². The molecule has 1 saturated heterocycles. The van der Waals surface area contributed by atoms with Crippen molar-refractivity contribution in [2.24, 2.45) is 0 Å². The van der Waals surface area contributed by atoms with E-state index in [0.717, 1.165) is 35.7 Å². The van der Waals surface area contributed by atoms with Gasteiger partial charge in [-0.05, 0) is 24.5 Å². The SMILES string of the molecule is COCCOCC(=O)N1CCC[C@H](c2ncc(Cc3ccccc3Cl)o2)C1. The summed E-state index contributed by atoms with van der Waals surface area (Å²) < 4.78 is 16.2. The topological polar surface area (TPSA) is 64.8 Å². The van der Waals surface area contributed by atoms with E-state index in [4.69, 9.17) is 25.5 Å². The molecule has 1 fully saturated rings. The second-order valence-corrected chi connectivity index (χ2v) is 7.06. The molecule has 3 rings (SSSR count). The van der Waals surface area contributed by atoms with E-state index in [-0.39, 0.29) is 18.4 Å². The number of hydrogen-bond acceptors (Lipinski definition) is 5. The lowest BCUT2D eigenvalue weighted by atomic mass is 9.98. The number of carbonyl (C=O) groups excluding carboxylic acids is 1. The molecule has 7 heteroatoms. The number of nitrogens with zero attached hydrogens (tertiary/aromatic N) is 2. The first-order valence-electron chi connectivity index (χ1n) is 9.20. The quantitative estimate of drug-likeness (QED) is 0.645. The molecule has 0 aliphatic carbocycles. The van der Waals surface area contributed by atoms with E-state index < -0.39 is 0 Å². The van der Waals surface area contributed by atoms with Gasteiger partial charge in [0.15, 0.2) is 5.89 Å². The maximum atomic E-state index is 12.3. The predicted octanol–water partition coefficient (Wildman–Crippen LogP) is 3.29. The fourth-order valence-corrected chi connectivity index (χ4v) is 3.42. The lowest BCUT2D eigenvalue weighted by Gasteiger charge is -2.31. The van der Waals surface area contributed by atoms with Crippen LogP contribution in [0.4, 0.5) is 0 Å². The zero-order valence-electron chi connectivity index (χ0n) is 15.5. The average Bonchev–Trinajstić information content (AvgIpc) is 3.16. The maximum absolute atomic E-state index is 12.3. The minimum Gasteiger partial charge on any atom is -0.445 e.